The number of nitrogens with two attached hydrogens (primary N) is 1. The number of hydrogen-bond donors (Lipinski definition) is 3. The summed E-state index contributed by atoms with van der Waals surface area (Å²) in [5.41, 5.74) is 10.1. The van der Waals surface area contributed by atoms with Crippen molar-refractivity contribution in [1.29, 1.82) is 0 Å². The van der Waals surface area contributed by atoms with Crippen LogP contribution < -0.4 is 11.2 Å². The number of fused-ring (bicyclic) bond motifs is 1. The molecule has 1 amide bonds. The van der Waals surface area contributed by atoms with Gasteiger partial charge in [0.15, 0.2) is 5.78 Å². The number of phenolic OH excluding ortho intramolecular Hbond substituents is 1. The summed E-state index contributed by atoms with van der Waals surface area (Å²) in [6.45, 7) is 1.68. The van der Waals surface area contributed by atoms with E-state index in [1.807, 2.05) is 36.4 Å². The van der Waals surface area contributed by atoms with Gasteiger partial charge in [-0.15, -0.1) is 0 Å². The zero-order valence-electron chi connectivity index (χ0n) is 15.7. The van der Waals surface area contributed by atoms with Gasteiger partial charge in [0, 0.05) is 17.5 Å². The molecule has 1 atom stereocenters. The minimum Gasteiger partial charge on any atom is -0.506 e. The van der Waals surface area contributed by atoms with Crippen LogP contribution in [0.1, 0.15) is 28.4 Å². The summed E-state index contributed by atoms with van der Waals surface area (Å²) < 4.78 is 0. The molecule has 0 heterocycles. The number of nitrogens with zero attached hydrogens (tertiary/aromatic N) is 1. The van der Waals surface area contributed by atoms with E-state index in [1.54, 1.807) is 13.1 Å². The van der Waals surface area contributed by atoms with Crippen molar-refractivity contribution in [3.8, 4) is 5.75 Å². The summed E-state index contributed by atoms with van der Waals surface area (Å²) in [6, 6.07) is 15.0. The number of amides is 1. The number of carbonyl (C=O) groups is 2. The fourth-order valence-corrected chi connectivity index (χ4v) is 3.05. The first-order valence-electron chi connectivity index (χ1n) is 8.97. The Bertz CT molecular complexity index is 1110. The van der Waals surface area contributed by atoms with E-state index >= 15 is 0 Å². The van der Waals surface area contributed by atoms with Crippen molar-refractivity contribution < 1.29 is 14.7 Å². The molecular formula is C22H20ClN3O3. The molecule has 148 valence electrons. The van der Waals surface area contributed by atoms with Crippen LogP contribution in [0.5, 0.6) is 5.75 Å². The molecule has 3 aromatic rings. The maximum Gasteiger partial charge on any atom is 0.271 e. The highest BCUT2D eigenvalue weighted by Gasteiger charge is 2.12. The van der Waals surface area contributed by atoms with Gasteiger partial charge in [0.25, 0.3) is 5.91 Å². The van der Waals surface area contributed by atoms with Gasteiger partial charge in [-0.2, -0.15) is 5.10 Å². The standard InChI is InChI=1S/C22H20ClN3O3/c1-13(24)21(28)11-14-6-7-16(18-5-3-2-4-17(14)18)12-25-26-22(29)15-8-9-20(27)19(23)10-15/h2-10,12-13,27H,11,24H2,1H3,(H,26,29)/b25-12+. The van der Waals surface area contributed by atoms with E-state index < -0.39 is 11.9 Å². The molecule has 0 aliphatic rings. The van der Waals surface area contributed by atoms with Gasteiger partial charge in [0.2, 0.25) is 0 Å². The molecule has 3 aromatic carbocycles. The highest BCUT2D eigenvalue weighted by atomic mass is 35.5. The Kier molecular flexibility index (Phi) is 6.26. The molecule has 0 aliphatic heterocycles. The van der Waals surface area contributed by atoms with E-state index in [-0.39, 0.29) is 28.5 Å². The average molecular weight is 410 g/mol. The maximum absolute atomic E-state index is 12.2. The first kappa shape index (κ1) is 20.5. The van der Waals surface area contributed by atoms with Crippen LogP contribution >= 0.6 is 11.6 Å². The molecule has 0 bridgehead atoms. The van der Waals surface area contributed by atoms with Gasteiger partial charge in [-0.25, -0.2) is 5.43 Å². The quantitative estimate of drug-likeness (QED) is 0.428. The molecule has 0 aliphatic carbocycles. The Labute approximate surface area is 173 Å². The van der Waals surface area contributed by atoms with Gasteiger partial charge >= 0.3 is 0 Å². The van der Waals surface area contributed by atoms with E-state index in [2.05, 4.69) is 10.5 Å². The lowest BCUT2D eigenvalue weighted by Crippen LogP contribution is -2.28. The first-order chi connectivity index (χ1) is 13.9. The second kappa shape index (κ2) is 8.86. The van der Waals surface area contributed by atoms with Crippen molar-refractivity contribution in [2.75, 3.05) is 0 Å². The minimum atomic E-state index is -0.515. The van der Waals surface area contributed by atoms with Crippen LogP contribution in [0.4, 0.5) is 0 Å². The Balaban J connectivity index is 1.82. The number of nitrogens with one attached hydrogen (secondary N) is 1. The predicted octanol–water partition coefficient (Wildman–Crippen LogP) is 3.42. The van der Waals surface area contributed by atoms with Crippen molar-refractivity contribution in [3.63, 3.8) is 0 Å². The molecule has 0 saturated carbocycles. The Morgan fingerprint density at radius 2 is 1.90 bits per heavy atom. The Hall–Kier alpha value is -3.22. The van der Waals surface area contributed by atoms with Crippen LogP contribution in [0.25, 0.3) is 10.8 Å². The summed E-state index contributed by atoms with van der Waals surface area (Å²) in [5.74, 6) is -0.580. The molecule has 0 radical (unpaired) electrons. The average Bonchev–Trinajstić information content (AvgIpc) is 2.71. The van der Waals surface area contributed by atoms with E-state index in [0.717, 1.165) is 21.9 Å². The topological polar surface area (TPSA) is 105 Å². The third-order valence-corrected chi connectivity index (χ3v) is 4.80. The van der Waals surface area contributed by atoms with Gasteiger partial charge in [0.05, 0.1) is 17.3 Å². The minimum absolute atomic E-state index is 0.0311. The van der Waals surface area contributed by atoms with Gasteiger partial charge in [-0.05, 0) is 41.5 Å². The molecule has 0 fully saturated rings. The molecular weight excluding hydrogens is 390 g/mol. The number of benzene rings is 3. The monoisotopic (exact) mass is 409 g/mol. The summed E-state index contributed by atoms with van der Waals surface area (Å²) in [5, 5.41) is 15.4. The van der Waals surface area contributed by atoms with Crippen molar-refractivity contribution >= 4 is 40.3 Å². The third kappa shape index (κ3) is 4.80. The number of ketones is 1. The number of phenols is 1. The smallest absolute Gasteiger partial charge is 0.271 e. The van der Waals surface area contributed by atoms with Crippen LogP contribution in [-0.4, -0.2) is 29.1 Å². The largest absolute Gasteiger partial charge is 0.506 e. The third-order valence-electron chi connectivity index (χ3n) is 4.50. The fraction of sp³-hybridized carbons (Fsp3) is 0.136. The van der Waals surface area contributed by atoms with Crippen LogP contribution in [-0.2, 0) is 11.2 Å². The predicted molar refractivity (Wildman–Crippen MR) is 114 cm³/mol. The van der Waals surface area contributed by atoms with Crippen LogP contribution in [0, 0.1) is 0 Å². The van der Waals surface area contributed by atoms with E-state index in [9.17, 15) is 14.7 Å². The number of Topliss-reactive ketones (excluding diaryl/α,β-unsaturated/α-hetero) is 1. The second-order valence-electron chi connectivity index (χ2n) is 6.66. The molecule has 4 N–H and O–H groups in total. The highest BCUT2D eigenvalue weighted by Crippen LogP contribution is 2.24. The van der Waals surface area contributed by atoms with E-state index in [4.69, 9.17) is 17.3 Å². The lowest BCUT2D eigenvalue weighted by Gasteiger charge is -2.10. The SMILES string of the molecule is CC(N)C(=O)Cc1ccc(/C=N/NC(=O)c2ccc(O)c(Cl)c2)c2ccccc12. The molecule has 3 rings (SSSR count). The highest BCUT2D eigenvalue weighted by molar-refractivity contribution is 6.32. The van der Waals surface area contributed by atoms with Crippen LogP contribution in [0.2, 0.25) is 5.02 Å². The summed E-state index contributed by atoms with van der Waals surface area (Å²) in [7, 11) is 0. The lowest BCUT2D eigenvalue weighted by molar-refractivity contribution is -0.119. The van der Waals surface area contributed by atoms with Crippen molar-refractivity contribution in [3.05, 3.63) is 76.3 Å². The number of hydrogen-bond acceptors (Lipinski definition) is 5. The number of halogens is 1. The molecule has 0 saturated heterocycles. The van der Waals surface area contributed by atoms with Gasteiger partial charge in [-0.1, -0.05) is 48.0 Å². The van der Waals surface area contributed by atoms with Crippen LogP contribution in [0.15, 0.2) is 59.7 Å². The Morgan fingerprint density at radius 3 is 2.59 bits per heavy atom. The maximum atomic E-state index is 12.2. The lowest BCUT2D eigenvalue weighted by atomic mass is 9.96. The fourth-order valence-electron chi connectivity index (χ4n) is 2.87. The van der Waals surface area contributed by atoms with E-state index in [0.29, 0.717) is 0 Å². The van der Waals surface area contributed by atoms with Crippen molar-refractivity contribution in [1.82, 2.24) is 5.43 Å². The summed E-state index contributed by atoms with van der Waals surface area (Å²) >= 11 is 5.82. The molecule has 29 heavy (non-hydrogen) atoms. The van der Waals surface area contributed by atoms with Crippen LogP contribution in [0.3, 0.4) is 0 Å². The molecule has 7 heteroatoms. The molecule has 6 nitrogen and oxygen atoms in total. The zero-order chi connectivity index (χ0) is 21.0. The number of rotatable bonds is 6. The number of hydrazone groups is 1. The first-order valence-corrected chi connectivity index (χ1v) is 9.35. The van der Waals surface area contributed by atoms with Crippen molar-refractivity contribution in [2.45, 2.75) is 19.4 Å². The molecule has 0 aromatic heterocycles. The van der Waals surface area contributed by atoms with Gasteiger partial charge in [-0.3, -0.25) is 9.59 Å². The molecule has 1 unspecified atom stereocenters. The Morgan fingerprint density at radius 1 is 1.17 bits per heavy atom. The zero-order valence-corrected chi connectivity index (χ0v) is 16.5. The summed E-state index contributed by atoms with van der Waals surface area (Å²) in [4.78, 5) is 24.2. The number of aromatic hydroxyl groups is 1. The molecule has 0 spiro atoms. The van der Waals surface area contributed by atoms with Gasteiger partial charge in [0.1, 0.15) is 5.75 Å². The van der Waals surface area contributed by atoms with Gasteiger partial charge < -0.3 is 10.8 Å². The normalized spacial score (nSPS) is 12.2. The number of carbonyl (C=O) groups excluding carboxylic acids is 2. The second-order valence-corrected chi connectivity index (χ2v) is 7.06. The van der Waals surface area contributed by atoms with E-state index in [1.165, 1.54) is 18.2 Å². The van der Waals surface area contributed by atoms with Crippen molar-refractivity contribution in [2.24, 2.45) is 10.8 Å². The summed E-state index contributed by atoms with van der Waals surface area (Å²) in [6.07, 6.45) is 1.80.